The Bertz CT molecular complexity index is 505. The third kappa shape index (κ3) is 4.54. The third-order valence-electron chi connectivity index (χ3n) is 6.01. The van der Waals surface area contributed by atoms with Gasteiger partial charge in [-0.15, -0.1) is 11.8 Å². The molecule has 1 aromatic rings. The van der Waals surface area contributed by atoms with Gasteiger partial charge in [-0.3, -0.25) is 9.80 Å². The zero-order valence-corrected chi connectivity index (χ0v) is 16.4. The molecule has 2 heterocycles. The molecule has 0 bridgehead atoms. The van der Waals surface area contributed by atoms with Gasteiger partial charge in [-0.1, -0.05) is 18.2 Å². The predicted molar refractivity (Wildman–Crippen MR) is 105 cm³/mol. The van der Waals surface area contributed by atoms with Gasteiger partial charge in [-0.05, 0) is 63.7 Å². The Kier molecular flexibility index (Phi) is 6.62. The average Bonchev–Trinajstić information content (AvgIpc) is 2.63. The molecule has 0 spiro atoms. The molecule has 2 aliphatic heterocycles. The van der Waals surface area contributed by atoms with Crippen molar-refractivity contribution in [2.45, 2.75) is 37.2 Å². The van der Waals surface area contributed by atoms with Crippen LogP contribution in [0.3, 0.4) is 0 Å². The van der Waals surface area contributed by atoms with Crippen LogP contribution in [0.2, 0.25) is 0 Å². The lowest BCUT2D eigenvalue weighted by Gasteiger charge is -2.42. The Morgan fingerprint density at radius 3 is 2.38 bits per heavy atom. The minimum absolute atomic E-state index is 0.749. The van der Waals surface area contributed by atoms with Gasteiger partial charge in [0.1, 0.15) is 0 Å². The van der Waals surface area contributed by atoms with Gasteiger partial charge in [0.2, 0.25) is 0 Å². The summed E-state index contributed by atoms with van der Waals surface area (Å²) >= 11 is 1.87. The van der Waals surface area contributed by atoms with Crippen LogP contribution in [0.5, 0.6) is 0 Å². The Morgan fingerprint density at radius 1 is 1.04 bits per heavy atom. The highest BCUT2D eigenvalue weighted by Crippen LogP contribution is 2.27. The second kappa shape index (κ2) is 8.70. The first-order valence-electron chi connectivity index (χ1n) is 9.44. The van der Waals surface area contributed by atoms with E-state index in [4.69, 9.17) is 0 Å². The number of rotatable bonds is 5. The Balaban J connectivity index is 1.48. The molecular formula is C20H33N3S. The topological polar surface area (TPSA) is 9.72 Å². The molecule has 0 aliphatic carbocycles. The highest BCUT2D eigenvalue weighted by molar-refractivity contribution is 7.98. The minimum atomic E-state index is 0.749. The molecule has 1 aromatic carbocycles. The molecule has 24 heavy (non-hydrogen) atoms. The van der Waals surface area contributed by atoms with Crippen molar-refractivity contribution in [2.24, 2.45) is 5.92 Å². The molecule has 0 unspecified atom stereocenters. The Labute approximate surface area is 152 Å². The molecule has 134 valence electrons. The first-order chi connectivity index (χ1) is 11.7. The number of hydrogen-bond donors (Lipinski definition) is 0. The Morgan fingerprint density at radius 2 is 1.71 bits per heavy atom. The maximum atomic E-state index is 2.73. The van der Waals surface area contributed by atoms with Crippen molar-refractivity contribution in [3.8, 4) is 0 Å². The highest BCUT2D eigenvalue weighted by Gasteiger charge is 2.29. The summed E-state index contributed by atoms with van der Waals surface area (Å²) in [6, 6.07) is 9.63. The maximum absolute atomic E-state index is 2.73. The normalized spacial score (nSPS) is 23.5. The van der Waals surface area contributed by atoms with Crippen molar-refractivity contribution in [3.05, 3.63) is 29.8 Å². The van der Waals surface area contributed by atoms with Crippen molar-refractivity contribution in [1.29, 1.82) is 0 Å². The van der Waals surface area contributed by atoms with E-state index in [-0.39, 0.29) is 0 Å². The van der Waals surface area contributed by atoms with E-state index in [0.717, 1.165) is 18.5 Å². The van der Waals surface area contributed by atoms with Gasteiger partial charge in [0.15, 0.2) is 0 Å². The SMILES string of the molecule is CSc1ccccc1CN1CCC([C@H](C)N2CCN(C)CC2)CC1. The summed E-state index contributed by atoms with van der Waals surface area (Å²) < 4.78 is 0. The number of likely N-dealkylation sites (tertiary alicyclic amines) is 1. The number of hydrogen-bond acceptors (Lipinski definition) is 4. The molecule has 2 aliphatic rings. The van der Waals surface area contributed by atoms with Crippen LogP contribution >= 0.6 is 11.8 Å². The van der Waals surface area contributed by atoms with Crippen molar-refractivity contribution in [2.75, 3.05) is 52.6 Å². The smallest absolute Gasteiger partial charge is 0.0244 e. The van der Waals surface area contributed by atoms with E-state index in [1.165, 1.54) is 62.6 Å². The lowest BCUT2D eigenvalue weighted by Crippen LogP contribution is -2.51. The van der Waals surface area contributed by atoms with Gasteiger partial charge in [0.25, 0.3) is 0 Å². The summed E-state index contributed by atoms with van der Waals surface area (Å²) in [5.74, 6) is 0.875. The van der Waals surface area contributed by atoms with E-state index < -0.39 is 0 Å². The van der Waals surface area contributed by atoms with Crippen molar-refractivity contribution < 1.29 is 0 Å². The zero-order chi connectivity index (χ0) is 16.9. The van der Waals surface area contributed by atoms with E-state index in [1.54, 1.807) is 0 Å². The van der Waals surface area contributed by atoms with Crippen LogP contribution in [0.1, 0.15) is 25.3 Å². The average molecular weight is 348 g/mol. The number of benzene rings is 1. The molecule has 3 rings (SSSR count). The van der Waals surface area contributed by atoms with Crippen molar-refractivity contribution in [3.63, 3.8) is 0 Å². The molecule has 0 amide bonds. The second-order valence-corrected chi connectivity index (χ2v) is 8.35. The van der Waals surface area contributed by atoms with Crippen LogP contribution in [0.4, 0.5) is 0 Å². The van der Waals surface area contributed by atoms with E-state index in [1.807, 2.05) is 11.8 Å². The van der Waals surface area contributed by atoms with Gasteiger partial charge >= 0.3 is 0 Å². The minimum Gasteiger partial charge on any atom is -0.304 e. The molecule has 4 heteroatoms. The standard InChI is InChI=1S/C20H33N3S/c1-17(23-14-12-21(2)13-15-23)18-8-10-22(11-9-18)16-19-6-4-5-7-20(19)24-3/h4-7,17-18H,8-16H2,1-3H3/t17-/m0/s1. The molecule has 0 N–H and O–H groups in total. The Hall–Kier alpha value is -0.550. The van der Waals surface area contributed by atoms with Crippen LogP contribution in [-0.2, 0) is 6.54 Å². The molecule has 0 radical (unpaired) electrons. The number of piperazine rings is 1. The molecule has 1 atom stereocenters. The fraction of sp³-hybridized carbons (Fsp3) is 0.700. The van der Waals surface area contributed by atoms with Crippen LogP contribution in [0.25, 0.3) is 0 Å². The fourth-order valence-corrected chi connectivity index (χ4v) is 4.80. The van der Waals surface area contributed by atoms with E-state index >= 15 is 0 Å². The second-order valence-electron chi connectivity index (χ2n) is 7.51. The van der Waals surface area contributed by atoms with Crippen molar-refractivity contribution in [1.82, 2.24) is 14.7 Å². The molecule has 0 aromatic heterocycles. The number of thioether (sulfide) groups is 1. The third-order valence-corrected chi connectivity index (χ3v) is 6.85. The quantitative estimate of drug-likeness (QED) is 0.756. The van der Waals surface area contributed by atoms with Gasteiger partial charge in [0.05, 0.1) is 0 Å². The van der Waals surface area contributed by atoms with Gasteiger partial charge < -0.3 is 4.90 Å². The summed E-state index contributed by atoms with van der Waals surface area (Å²) in [4.78, 5) is 9.27. The molecular weight excluding hydrogens is 314 g/mol. The van der Waals surface area contributed by atoms with Crippen LogP contribution < -0.4 is 0 Å². The zero-order valence-electron chi connectivity index (χ0n) is 15.6. The number of nitrogens with zero attached hydrogens (tertiary/aromatic N) is 3. The summed E-state index contributed by atoms with van der Waals surface area (Å²) in [6.45, 7) is 11.1. The van der Waals surface area contributed by atoms with Gasteiger partial charge in [-0.2, -0.15) is 0 Å². The lowest BCUT2D eigenvalue weighted by molar-refractivity contribution is 0.0597. The molecule has 2 saturated heterocycles. The van der Waals surface area contributed by atoms with E-state index in [2.05, 4.69) is 59.2 Å². The van der Waals surface area contributed by atoms with Crippen LogP contribution in [0, 0.1) is 5.92 Å². The largest absolute Gasteiger partial charge is 0.304 e. The predicted octanol–water partition coefficient (Wildman–Crippen LogP) is 3.26. The summed E-state index contributed by atoms with van der Waals surface area (Å²) in [7, 11) is 2.24. The number of piperidine rings is 1. The van der Waals surface area contributed by atoms with E-state index in [0.29, 0.717) is 0 Å². The number of likely N-dealkylation sites (N-methyl/N-ethyl adjacent to an activating group) is 1. The van der Waals surface area contributed by atoms with E-state index in [9.17, 15) is 0 Å². The molecule has 0 saturated carbocycles. The maximum Gasteiger partial charge on any atom is 0.0244 e. The van der Waals surface area contributed by atoms with Gasteiger partial charge in [0, 0.05) is 43.7 Å². The summed E-state index contributed by atoms with van der Waals surface area (Å²) in [6.07, 6.45) is 4.90. The van der Waals surface area contributed by atoms with Gasteiger partial charge in [-0.25, -0.2) is 0 Å². The monoisotopic (exact) mass is 347 g/mol. The summed E-state index contributed by atoms with van der Waals surface area (Å²) in [5.41, 5.74) is 1.50. The van der Waals surface area contributed by atoms with Crippen LogP contribution in [-0.4, -0.2) is 73.3 Å². The lowest BCUT2D eigenvalue weighted by atomic mass is 9.89. The van der Waals surface area contributed by atoms with Crippen molar-refractivity contribution >= 4 is 11.8 Å². The summed E-state index contributed by atoms with van der Waals surface area (Å²) in [5, 5.41) is 0. The highest BCUT2D eigenvalue weighted by atomic mass is 32.2. The first-order valence-corrected chi connectivity index (χ1v) is 10.7. The first kappa shape index (κ1) is 18.2. The fourth-order valence-electron chi connectivity index (χ4n) is 4.20. The molecule has 3 nitrogen and oxygen atoms in total. The molecule has 2 fully saturated rings. The van der Waals surface area contributed by atoms with Crippen LogP contribution in [0.15, 0.2) is 29.2 Å².